The third kappa shape index (κ3) is 4.91. The minimum atomic E-state index is 0.260. The molecule has 0 radical (unpaired) electrons. The van der Waals surface area contributed by atoms with E-state index in [1.807, 2.05) is 0 Å². The van der Waals surface area contributed by atoms with Gasteiger partial charge in [0.25, 0.3) is 0 Å². The second-order valence-electron chi connectivity index (χ2n) is 9.89. The fourth-order valence-corrected chi connectivity index (χ4v) is 6.74. The van der Waals surface area contributed by atoms with Crippen LogP contribution in [0.4, 0.5) is 0 Å². The van der Waals surface area contributed by atoms with Crippen LogP contribution in [0.5, 0.6) is 0 Å². The van der Waals surface area contributed by atoms with Crippen molar-refractivity contribution in [2.24, 2.45) is 11.8 Å². The topological polar surface area (TPSA) is 38.8 Å². The maximum atomic E-state index is 12.3. The summed E-state index contributed by atoms with van der Waals surface area (Å²) in [5.74, 6) is 1.98. The highest BCUT2D eigenvalue weighted by atomic mass is 16.1. The van der Waals surface area contributed by atoms with E-state index in [-0.39, 0.29) is 5.91 Å². The smallest absolute Gasteiger partial charge is 0.220 e. The third-order valence-corrected chi connectivity index (χ3v) is 8.03. The molecule has 0 unspecified atom stereocenters. The Kier molecular flexibility index (Phi) is 7.29. The van der Waals surface area contributed by atoms with E-state index in [0.717, 1.165) is 37.4 Å². The predicted molar refractivity (Wildman–Crippen MR) is 114 cm³/mol. The number of carbonyl (C=O) groups excluding carboxylic acids is 1. The summed E-state index contributed by atoms with van der Waals surface area (Å²) in [5, 5.41) is 3.17. The molecule has 4 heterocycles. The summed E-state index contributed by atoms with van der Waals surface area (Å²) in [6.07, 6.45) is 12.5. The van der Waals surface area contributed by atoms with E-state index in [9.17, 15) is 4.79 Å². The maximum absolute atomic E-state index is 12.3. The van der Waals surface area contributed by atoms with E-state index in [1.165, 1.54) is 84.1 Å². The number of piperidine rings is 4. The maximum Gasteiger partial charge on any atom is 0.220 e. The number of hydrogen-bond acceptors (Lipinski definition) is 4. The number of likely N-dealkylation sites (tertiary alicyclic amines) is 2. The number of rotatable bonds is 7. The van der Waals surface area contributed by atoms with Gasteiger partial charge in [-0.3, -0.25) is 9.69 Å². The van der Waals surface area contributed by atoms with Crippen LogP contribution in [0.3, 0.4) is 0 Å². The highest BCUT2D eigenvalue weighted by molar-refractivity contribution is 5.75. The van der Waals surface area contributed by atoms with Gasteiger partial charge in [0.15, 0.2) is 0 Å². The molecule has 4 aliphatic heterocycles. The van der Waals surface area contributed by atoms with Crippen LogP contribution in [0.2, 0.25) is 0 Å². The zero-order valence-corrected chi connectivity index (χ0v) is 18.1. The van der Waals surface area contributed by atoms with Gasteiger partial charge in [-0.1, -0.05) is 6.42 Å². The van der Waals surface area contributed by atoms with Gasteiger partial charge in [-0.2, -0.15) is 0 Å². The molecule has 5 nitrogen and oxygen atoms in total. The molecule has 0 spiro atoms. The van der Waals surface area contributed by atoms with E-state index in [4.69, 9.17) is 0 Å². The summed E-state index contributed by atoms with van der Waals surface area (Å²) in [6.45, 7) is 8.20. The Morgan fingerprint density at radius 3 is 2.61 bits per heavy atom. The number of nitrogens with zero attached hydrogens (tertiary/aromatic N) is 3. The van der Waals surface area contributed by atoms with Gasteiger partial charge in [0.05, 0.1) is 0 Å². The molecule has 1 amide bonds. The van der Waals surface area contributed by atoms with Crippen molar-refractivity contribution in [1.29, 1.82) is 0 Å². The lowest BCUT2D eigenvalue weighted by molar-refractivity contribution is -0.121. The molecule has 1 N–H and O–H groups in total. The minimum absolute atomic E-state index is 0.260. The Hall–Kier alpha value is -0.650. The average Bonchev–Trinajstić information content (AvgIpc) is 2.71. The van der Waals surface area contributed by atoms with E-state index in [1.54, 1.807) is 0 Å². The fraction of sp³-hybridized carbons (Fsp3) is 0.957. The van der Waals surface area contributed by atoms with Gasteiger partial charge < -0.3 is 15.1 Å². The molecule has 28 heavy (non-hydrogen) atoms. The Bertz CT molecular complexity index is 505. The summed E-state index contributed by atoms with van der Waals surface area (Å²) >= 11 is 0. The minimum Gasteiger partial charge on any atom is -0.355 e. The zero-order chi connectivity index (χ0) is 19.3. The molecule has 0 aromatic carbocycles. The van der Waals surface area contributed by atoms with Crippen LogP contribution >= 0.6 is 0 Å². The summed E-state index contributed by atoms with van der Waals surface area (Å²) in [5.41, 5.74) is 0. The first-order valence-electron chi connectivity index (χ1n) is 12.2. The molecule has 4 aliphatic rings. The fourth-order valence-electron chi connectivity index (χ4n) is 6.74. The van der Waals surface area contributed by atoms with Crippen LogP contribution in [0, 0.1) is 11.8 Å². The molecule has 4 fully saturated rings. The molecular formula is C23H42N4O. The lowest BCUT2D eigenvalue weighted by Gasteiger charge is -2.57. The molecule has 0 bridgehead atoms. The summed E-state index contributed by atoms with van der Waals surface area (Å²) in [6, 6.07) is 1.52. The standard InChI is InChI=1S/C23H42N4O/c1-25-18-19-8-6-15-27-16-7-9-20(23(19)27)21(25)10-5-11-22(28)24-12-17-26-13-3-2-4-14-26/h19-21,23H,2-18H2,1H3,(H,24,28)/t19-,20+,21+,23-/m0/s1. The molecule has 4 saturated heterocycles. The molecule has 160 valence electrons. The van der Waals surface area contributed by atoms with Gasteiger partial charge in [0.1, 0.15) is 0 Å². The van der Waals surface area contributed by atoms with Gasteiger partial charge >= 0.3 is 0 Å². The Labute approximate surface area is 172 Å². The predicted octanol–water partition coefficient (Wildman–Crippen LogP) is 2.56. The number of carbonyl (C=O) groups is 1. The van der Waals surface area contributed by atoms with Crippen LogP contribution in [0.1, 0.15) is 64.2 Å². The van der Waals surface area contributed by atoms with Gasteiger partial charge in [0.2, 0.25) is 5.91 Å². The summed E-state index contributed by atoms with van der Waals surface area (Å²) in [4.78, 5) is 20.3. The van der Waals surface area contributed by atoms with E-state index < -0.39 is 0 Å². The molecule has 0 saturated carbocycles. The second kappa shape index (κ2) is 9.90. The molecule has 5 heteroatoms. The third-order valence-electron chi connectivity index (χ3n) is 8.03. The Morgan fingerprint density at radius 1 is 1.00 bits per heavy atom. The van der Waals surface area contributed by atoms with Crippen LogP contribution in [-0.4, -0.2) is 85.6 Å². The largest absolute Gasteiger partial charge is 0.355 e. The first kappa shape index (κ1) is 20.6. The number of hydrogen-bond donors (Lipinski definition) is 1. The van der Waals surface area contributed by atoms with Crippen molar-refractivity contribution in [3.05, 3.63) is 0 Å². The van der Waals surface area contributed by atoms with Crippen molar-refractivity contribution >= 4 is 5.91 Å². The quantitative estimate of drug-likeness (QED) is 0.725. The monoisotopic (exact) mass is 390 g/mol. The average molecular weight is 391 g/mol. The van der Waals surface area contributed by atoms with Crippen molar-refractivity contribution in [2.45, 2.75) is 76.3 Å². The molecule has 4 atom stereocenters. The van der Waals surface area contributed by atoms with Crippen LogP contribution in [0.25, 0.3) is 0 Å². The van der Waals surface area contributed by atoms with E-state index in [2.05, 4.69) is 27.1 Å². The number of nitrogens with one attached hydrogen (secondary N) is 1. The van der Waals surface area contributed by atoms with Crippen molar-refractivity contribution < 1.29 is 4.79 Å². The van der Waals surface area contributed by atoms with Crippen LogP contribution in [0.15, 0.2) is 0 Å². The Morgan fingerprint density at radius 2 is 1.79 bits per heavy atom. The van der Waals surface area contributed by atoms with Crippen molar-refractivity contribution in [1.82, 2.24) is 20.0 Å². The molecule has 0 aromatic rings. The highest BCUT2D eigenvalue weighted by Crippen LogP contribution is 2.42. The molecule has 0 aliphatic carbocycles. The van der Waals surface area contributed by atoms with Crippen molar-refractivity contribution in [2.75, 3.05) is 52.9 Å². The van der Waals surface area contributed by atoms with Gasteiger partial charge in [-0.25, -0.2) is 0 Å². The van der Waals surface area contributed by atoms with Gasteiger partial charge in [-0.15, -0.1) is 0 Å². The SMILES string of the molecule is CN1C[C@@H]2CCCN3CCC[C@@H]([C@H]23)[C@H]1CCCC(=O)NCCN1CCCCC1. The van der Waals surface area contributed by atoms with Crippen molar-refractivity contribution in [3.8, 4) is 0 Å². The second-order valence-corrected chi connectivity index (χ2v) is 9.89. The number of amides is 1. The first-order valence-corrected chi connectivity index (χ1v) is 12.2. The van der Waals surface area contributed by atoms with Crippen molar-refractivity contribution in [3.63, 3.8) is 0 Å². The van der Waals surface area contributed by atoms with Gasteiger partial charge in [0, 0.05) is 38.1 Å². The summed E-state index contributed by atoms with van der Waals surface area (Å²) in [7, 11) is 2.34. The summed E-state index contributed by atoms with van der Waals surface area (Å²) < 4.78 is 0. The van der Waals surface area contributed by atoms with Gasteiger partial charge in [-0.05, 0) is 96.4 Å². The highest BCUT2D eigenvalue weighted by Gasteiger charge is 2.47. The Balaban J connectivity index is 1.19. The zero-order valence-electron chi connectivity index (χ0n) is 18.1. The molecule has 4 rings (SSSR count). The van der Waals surface area contributed by atoms with E-state index in [0.29, 0.717) is 12.5 Å². The van der Waals surface area contributed by atoms with Crippen LogP contribution in [-0.2, 0) is 4.79 Å². The first-order chi connectivity index (χ1) is 13.7. The lowest BCUT2D eigenvalue weighted by Crippen LogP contribution is -2.63. The van der Waals surface area contributed by atoms with E-state index >= 15 is 0 Å². The normalized spacial score (nSPS) is 34.8. The lowest BCUT2D eigenvalue weighted by atomic mass is 9.69. The van der Waals surface area contributed by atoms with Crippen LogP contribution < -0.4 is 5.32 Å². The molecule has 0 aromatic heterocycles. The molecular weight excluding hydrogens is 348 g/mol.